The Bertz CT molecular complexity index is 798. The van der Waals surface area contributed by atoms with Gasteiger partial charge in [0, 0.05) is 48.4 Å². The molecule has 2 aromatic rings. The van der Waals surface area contributed by atoms with E-state index in [0.29, 0.717) is 29.5 Å². The van der Waals surface area contributed by atoms with Crippen LogP contribution in [0.25, 0.3) is 0 Å². The van der Waals surface area contributed by atoms with E-state index in [1.807, 2.05) is 6.07 Å². The van der Waals surface area contributed by atoms with Crippen molar-refractivity contribution in [1.29, 1.82) is 0 Å². The Morgan fingerprint density at radius 3 is 2.65 bits per heavy atom. The molecule has 0 aliphatic carbocycles. The molecule has 2 aliphatic heterocycles. The average molecular weight is 374 g/mol. The number of ether oxygens (including phenoxy) is 2. The van der Waals surface area contributed by atoms with E-state index in [2.05, 4.69) is 15.2 Å². The lowest BCUT2D eigenvalue weighted by Crippen LogP contribution is -2.45. The van der Waals surface area contributed by atoms with Gasteiger partial charge < -0.3 is 19.7 Å². The van der Waals surface area contributed by atoms with Gasteiger partial charge in [-0.15, -0.1) is 0 Å². The summed E-state index contributed by atoms with van der Waals surface area (Å²) < 4.78 is 11.5. The number of hydrogen-bond donors (Lipinski definition) is 1. The number of piperidine rings is 1. The molecule has 0 unspecified atom stereocenters. The molecule has 3 heterocycles. The van der Waals surface area contributed by atoms with Gasteiger partial charge in [0.1, 0.15) is 5.82 Å². The van der Waals surface area contributed by atoms with Crippen LogP contribution < -0.4 is 10.2 Å². The summed E-state index contributed by atoms with van der Waals surface area (Å²) in [5.74, 6) is 0.182. The first kappa shape index (κ1) is 17.3. The number of hydrogen-bond acceptors (Lipinski definition) is 5. The highest BCUT2D eigenvalue weighted by atomic mass is 35.5. The van der Waals surface area contributed by atoms with Gasteiger partial charge in [0.15, 0.2) is 5.79 Å². The van der Waals surface area contributed by atoms with Crippen molar-refractivity contribution in [2.75, 3.05) is 36.5 Å². The Morgan fingerprint density at radius 1 is 1.15 bits per heavy atom. The third-order valence-electron chi connectivity index (χ3n) is 4.75. The molecule has 1 aromatic carbocycles. The van der Waals surface area contributed by atoms with E-state index in [1.165, 1.54) is 0 Å². The molecule has 0 bridgehead atoms. The SMILES string of the molecule is O=C(Nc1cccc(Cl)c1)c1ccnc(N2CCC3(CC2)OCCO3)c1. The standard InChI is InChI=1S/C19H20ClN3O3/c20-15-2-1-3-16(13-15)22-18(24)14-4-7-21-17(12-14)23-8-5-19(6-9-23)25-10-11-26-19/h1-4,7,12-13H,5-6,8-11H2,(H,22,24). The quantitative estimate of drug-likeness (QED) is 0.894. The summed E-state index contributed by atoms with van der Waals surface area (Å²) in [4.78, 5) is 19.1. The van der Waals surface area contributed by atoms with Crippen molar-refractivity contribution in [3.63, 3.8) is 0 Å². The van der Waals surface area contributed by atoms with E-state index < -0.39 is 5.79 Å². The second-order valence-corrected chi connectivity index (χ2v) is 6.90. The Labute approximate surface area is 157 Å². The lowest BCUT2D eigenvalue weighted by Gasteiger charge is -2.38. The molecule has 26 heavy (non-hydrogen) atoms. The van der Waals surface area contributed by atoms with Crippen molar-refractivity contribution in [2.45, 2.75) is 18.6 Å². The van der Waals surface area contributed by atoms with E-state index >= 15 is 0 Å². The molecule has 2 fully saturated rings. The van der Waals surface area contributed by atoms with E-state index in [9.17, 15) is 4.79 Å². The summed E-state index contributed by atoms with van der Waals surface area (Å²) >= 11 is 5.96. The predicted octanol–water partition coefficient (Wildman–Crippen LogP) is 3.33. The van der Waals surface area contributed by atoms with Gasteiger partial charge in [0.05, 0.1) is 13.2 Å². The van der Waals surface area contributed by atoms with Crippen molar-refractivity contribution >= 4 is 29.0 Å². The molecular weight excluding hydrogens is 354 g/mol. The highest BCUT2D eigenvalue weighted by Crippen LogP contribution is 2.32. The maximum absolute atomic E-state index is 12.5. The molecule has 0 atom stereocenters. The van der Waals surface area contributed by atoms with E-state index in [4.69, 9.17) is 21.1 Å². The molecule has 2 saturated heterocycles. The summed E-state index contributed by atoms with van der Waals surface area (Å²) in [5.41, 5.74) is 1.22. The first-order valence-corrected chi connectivity index (χ1v) is 9.07. The molecule has 6 nitrogen and oxygen atoms in total. The first-order chi connectivity index (χ1) is 12.6. The van der Waals surface area contributed by atoms with Crippen LogP contribution in [-0.2, 0) is 9.47 Å². The van der Waals surface area contributed by atoms with Crippen molar-refractivity contribution < 1.29 is 14.3 Å². The van der Waals surface area contributed by atoms with Gasteiger partial charge in [-0.1, -0.05) is 17.7 Å². The normalized spacial score (nSPS) is 18.9. The summed E-state index contributed by atoms with van der Waals surface area (Å²) in [5, 5.41) is 3.44. The van der Waals surface area contributed by atoms with E-state index in [-0.39, 0.29) is 5.91 Å². The predicted molar refractivity (Wildman–Crippen MR) is 99.7 cm³/mol. The van der Waals surface area contributed by atoms with Crippen LogP contribution in [0.5, 0.6) is 0 Å². The average Bonchev–Trinajstić information content (AvgIpc) is 3.10. The minimum Gasteiger partial charge on any atom is -0.356 e. The monoisotopic (exact) mass is 373 g/mol. The molecule has 1 amide bonds. The van der Waals surface area contributed by atoms with E-state index in [1.54, 1.807) is 36.5 Å². The molecule has 1 N–H and O–H groups in total. The molecule has 0 radical (unpaired) electrons. The van der Waals surface area contributed by atoms with Crippen LogP contribution in [0.2, 0.25) is 5.02 Å². The second kappa shape index (κ2) is 7.23. The van der Waals surface area contributed by atoms with Crippen LogP contribution in [0.15, 0.2) is 42.6 Å². The summed E-state index contributed by atoms with van der Waals surface area (Å²) in [7, 11) is 0. The topological polar surface area (TPSA) is 63.7 Å². The molecule has 1 aromatic heterocycles. The number of halogens is 1. The maximum atomic E-state index is 12.5. The van der Waals surface area contributed by atoms with Crippen LogP contribution >= 0.6 is 11.6 Å². The molecule has 136 valence electrons. The van der Waals surface area contributed by atoms with Crippen LogP contribution in [-0.4, -0.2) is 43.0 Å². The lowest BCUT2D eigenvalue weighted by atomic mass is 10.0. The molecule has 2 aliphatic rings. The fourth-order valence-electron chi connectivity index (χ4n) is 3.36. The number of pyridine rings is 1. The summed E-state index contributed by atoms with van der Waals surface area (Å²) in [6.45, 7) is 2.90. The Kier molecular flexibility index (Phi) is 4.80. The zero-order valence-electron chi connectivity index (χ0n) is 14.3. The zero-order valence-corrected chi connectivity index (χ0v) is 15.0. The number of rotatable bonds is 3. The Balaban J connectivity index is 1.44. The number of carbonyl (C=O) groups excluding carboxylic acids is 1. The van der Waals surface area contributed by atoms with Crippen molar-refractivity contribution in [3.8, 4) is 0 Å². The summed E-state index contributed by atoms with van der Waals surface area (Å²) in [6.07, 6.45) is 3.26. The van der Waals surface area contributed by atoms with Gasteiger partial charge in [0.2, 0.25) is 0 Å². The van der Waals surface area contributed by atoms with E-state index in [0.717, 1.165) is 31.7 Å². The van der Waals surface area contributed by atoms with Crippen molar-refractivity contribution in [2.24, 2.45) is 0 Å². The van der Waals surface area contributed by atoms with Crippen molar-refractivity contribution in [1.82, 2.24) is 4.98 Å². The number of nitrogens with one attached hydrogen (secondary N) is 1. The Morgan fingerprint density at radius 2 is 1.92 bits per heavy atom. The minimum atomic E-state index is -0.419. The molecule has 4 rings (SSSR count). The third kappa shape index (κ3) is 3.67. The second-order valence-electron chi connectivity index (χ2n) is 6.46. The molecule has 1 spiro atoms. The number of benzene rings is 1. The van der Waals surface area contributed by atoms with Gasteiger partial charge in [-0.05, 0) is 30.3 Å². The highest BCUT2D eigenvalue weighted by Gasteiger charge is 2.40. The Hall–Kier alpha value is -2.15. The van der Waals surface area contributed by atoms with Gasteiger partial charge >= 0.3 is 0 Å². The molecular formula is C19H20ClN3O3. The zero-order chi connectivity index (χ0) is 18.0. The van der Waals surface area contributed by atoms with Crippen LogP contribution in [0, 0.1) is 0 Å². The smallest absolute Gasteiger partial charge is 0.255 e. The maximum Gasteiger partial charge on any atom is 0.255 e. The van der Waals surface area contributed by atoms with Crippen LogP contribution in [0.4, 0.5) is 11.5 Å². The number of aromatic nitrogens is 1. The van der Waals surface area contributed by atoms with Gasteiger partial charge in [-0.25, -0.2) is 4.98 Å². The van der Waals surface area contributed by atoms with Crippen molar-refractivity contribution in [3.05, 3.63) is 53.2 Å². The number of amides is 1. The van der Waals surface area contributed by atoms with Crippen LogP contribution in [0.1, 0.15) is 23.2 Å². The van der Waals surface area contributed by atoms with Crippen LogP contribution in [0.3, 0.4) is 0 Å². The number of anilines is 2. The largest absolute Gasteiger partial charge is 0.356 e. The fraction of sp³-hybridized carbons (Fsp3) is 0.368. The number of carbonyl (C=O) groups is 1. The molecule has 0 saturated carbocycles. The molecule has 7 heteroatoms. The fourth-order valence-corrected chi connectivity index (χ4v) is 3.55. The minimum absolute atomic E-state index is 0.188. The summed E-state index contributed by atoms with van der Waals surface area (Å²) in [6, 6.07) is 10.6. The highest BCUT2D eigenvalue weighted by molar-refractivity contribution is 6.30. The third-order valence-corrected chi connectivity index (χ3v) is 4.99. The number of nitrogens with zero attached hydrogens (tertiary/aromatic N) is 2. The van der Waals surface area contributed by atoms with Gasteiger partial charge in [-0.3, -0.25) is 4.79 Å². The van der Waals surface area contributed by atoms with Gasteiger partial charge in [0.25, 0.3) is 5.91 Å². The first-order valence-electron chi connectivity index (χ1n) is 8.69. The lowest BCUT2D eigenvalue weighted by molar-refractivity contribution is -0.169. The van der Waals surface area contributed by atoms with Gasteiger partial charge in [-0.2, -0.15) is 0 Å².